The summed E-state index contributed by atoms with van der Waals surface area (Å²) in [6.45, 7) is 0. The number of primary amides is 1. The van der Waals surface area contributed by atoms with Gasteiger partial charge in [-0.2, -0.15) is 5.26 Å². The van der Waals surface area contributed by atoms with Gasteiger partial charge in [0.05, 0.1) is 11.6 Å². The van der Waals surface area contributed by atoms with E-state index in [1.807, 2.05) is 12.1 Å². The number of carbonyl (C=O) groups is 2. The molecule has 6 heteroatoms. The number of methoxy groups -OCH3 is 1. The molecular formula is C19H19N3O3. The summed E-state index contributed by atoms with van der Waals surface area (Å²) in [5, 5.41) is 11.6. The molecule has 0 heterocycles. The molecule has 0 aromatic heterocycles. The van der Waals surface area contributed by atoms with Gasteiger partial charge in [0.2, 0.25) is 5.91 Å². The van der Waals surface area contributed by atoms with Crippen LogP contribution in [0.1, 0.15) is 22.8 Å². The first-order chi connectivity index (χ1) is 12.0. The van der Waals surface area contributed by atoms with Crippen molar-refractivity contribution in [3.05, 3.63) is 71.3 Å². The minimum atomic E-state index is -0.900. The third kappa shape index (κ3) is 4.90. The van der Waals surface area contributed by atoms with Crippen molar-refractivity contribution < 1.29 is 14.3 Å². The molecule has 6 nitrogen and oxygen atoms in total. The van der Waals surface area contributed by atoms with Crippen LogP contribution in [0.5, 0.6) is 0 Å². The molecule has 0 spiro atoms. The average Bonchev–Trinajstić information content (AvgIpc) is 2.62. The summed E-state index contributed by atoms with van der Waals surface area (Å²) in [5.74, 6) is -1.10. The van der Waals surface area contributed by atoms with Gasteiger partial charge in [-0.25, -0.2) is 0 Å². The summed E-state index contributed by atoms with van der Waals surface area (Å²) in [4.78, 5) is 24.2. The third-order valence-corrected chi connectivity index (χ3v) is 3.73. The molecule has 2 aromatic rings. The van der Waals surface area contributed by atoms with E-state index in [4.69, 9.17) is 15.7 Å². The lowest BCUT2D eigenvalue weighted by Crippen LogP contribution is -2.47. The first-order valence-corrected chi connectivity index (χ1v) is 7.71. The van der Waals surface area contributed by atoms with Gasteiger partial charge in [-0.15, -0.1) is 0 Å². The summed E-state index contributed by atoms with van der Waals surface area (Å²) >= 11 is 0. The van der Waals surface area contributed by atoms with Crippen molar-refractivity contribution in [2.75, 3.05) is 7.11 Å². The molecule has 0 saturated carbocycles. The zero-order valence-electron chi connectivity index (χ0n) is 13.8. The Morgan fingerprint density at radius 3 is 2.52 bits per heavy atom. The van der Waals surface area contributed by atoms with E-state index in [9.17, 15) is 9.59 Å². The molecule has 3 N–H and O–H groups in total. The zero-order valence-corrected chi connectivity index (χ0v) is 13.8. The van der Waals surface area contributed by atoms with Crippen molar-refractivity contribution in [2.24, 2.45) is 5.73 Å². The predicted octanol–water partition coefficient (Wildman–Crippen LogP) is 1.46. The molecule has 0 bridgehead atoms. The van der Waals surface area contributed by atoms with Crippen LogP contribution in [0.4, 0.5) is 0 Å². The van der Waals surface area contributed by atoms with Gasteiger partial charge in [-0.1, -0.05) is 42.5 Å². The second kappa shape index (κ2) is 8.62. The molecule has 0 aliphatic carbocycles. The number of amides is 2. The van der Waals surface area contributed by atoms with Crippen molar-refractivity contribution >= 4 is 11.8 Å². The largest absolute Gasteiger partial charge is 0.368 e. The molecule has 2 amide bonds. The number of benzene rings is 2. The normalized spacial score (nSPS) is 12.6. The van der Waals surface area contributed by atoms with Crippen LogP contribution in [0.15, 0.2) is 54.6 Å². The van der Waals surface area contributed by atoms with Gasteiger partial charge in [0.15, 0.2) is 6.10 Å². The minimum Gasteiger partial charge on any atom is -0.368 e. The van der Waals surface area contributed by atoms with Gasteiger partial charge in [-0.05, 0) is 23.3 Å². The van der Waals surface area contributed by atoms with Crippen molar-refractivity contribution in [1.82, 2.24) is 5.32 Å². The number of nitrogens with two attached hydrogens (primary N) is 1. The Morgan fingerprint density at radius 2 is 1.92 bits per heavy atom. The number of nitrogens with one attached hydrogen (secondary N) is 1. The number of ether oxygens (including phenoxy) is 1. The van der Waals surface area contributed by atoms with Crippen LogP contribution in [-0.4, -0.2) is 25.0 Å². The number of rotatable bonds is 7. The highest BCUT2D eigenvalue weighted by Gasteiger charge is 2.25. The maximum atomic E-state index is 12.5. The van der Waals surface area contributed by atoms with Crippen LogP contribution >= 0.6 is 0 Å². The molecule has 0 radical (unpaired) electrons. The van der Waals surface area contributed by atoms with Gasteiger partial charge in [0.25, 0.3) is 5.91 Å². The number of carbonyl (C=O) groups excluding carboxylic acids is 2. The highest BCUT2D eigenvalue weighted by molar-refractivity contribution is 5.89. The van der Waals surface area contributed by atoms with Crippen LogP contribution in [0.25, 0.3) is 0 Å². The molecule has 2 atom stereocenters. The Morgan fingerprint density at radius 1 is 1.20 bits per heavy atom. The second-order valence-corrected chi connectivity index (χ2v) is 5.51. The topological polar surface area (TPSA) is 105 Å². The molecule has 0 fully saturated rings. The summed E-state index contributed by atoms with van der Waals surface area (Å²) in [6, 6.07) is 16.9. The van der Waals surface area contributed by atoms with Crippen LogP contribution in [0, 0.1) is 11.3 Å². The summed E-state index contributed by atoms with van der Waals surface area (Å²) < 4.78 is 5.26. The number of hydrogen-bond donors (Lipinski definition) is 2. The first-order valence-electron chi connectivity index (χ1n) is 7.71. The Labute approximate surface area is 146 Å². The maximum absolute atomic E-state index is 12.5. The van der Waals surface area contributed by atoms with Crippen LogP contribution in [0.3, 0.4) is 0 Å². The van der Waals surface area contributed by atoms with E-state index in [-0.39, 0.29) is 6.42 Å². The SMILES string of the molecule is CO[C@H](C(=O)N[C@H](Cc1cccc(C#N)c1)C(N)=O)c1ccccc1. The molecule has 0 aliphatic rings. The summed E-state index contributed by atoms with van der Waals surface area (Å²) in [7, 11) is 1.42. The first kappa shape index (κ1) is 18.2. The van der Waals surface area contributed by atoms with Crippen LogP contribution in [-0.2, 0) is 20.7 Å². The van der Waals surface area contributed by atoms with E-state index in [0.717, 1.165) is 5.56 Å². The zero-order chi connectivity index (χ0) is 18.2. The van der Waals surface area contributed by atoms with Crippen LogP contribution in [0.2, 0.25) is 0 Å². The number of hydrogen-bond acceptors (Lipinski definition) is 4. The van der Waals surface area contributed by atoms with Gasteiger partial charge < -0.3 is 15.8 Å². The highest BCUT2D eigenvalue weighted by Crippen LogP contribution is 2.17. The maximum Gasteiger partial charge on any atom is 0.254 e. The van der Waals surface area contributed by atoms with Gasteiger partial charge in [0.1, 0.15) is 6.04 Å². The van der Waals surface area contributed by atoms with E-state index in [2.05, 4.69) is 5.32 Å². The summed E-state index contributed by atoms with van der Waals surface area (Å²) in [6.07, 6.45) is -0.643. The van der Waals surface area contributed by atoms with E-state index in [0.29, 0.717) is 11.1 Å². The summed E-state index contributed by atoms with van der Waals surface area (Å²) in [5.41, 5.74) is 7.31. The van der Waals surface area contributed by atoms with E-state index < -0.39 is 24.0 Å². The van der Waals surface area contributed by atoms with E-state index in [1.165, 1.54) is 7.11 Å². The monoisotopic (exact) mass is 337 g/mol. The van der Waals surface area contributed by atoms with Crippen LogP contribution < -0.4 is 11.1 Å². The fourth-order valence-corrected chi connectivity index (χ4v) is 2.50. The molecule has 2 aromatic carbocycles. The Hall–Kier alpha value is -3.17. The average molecular weight is 337 g/mol. The highest BCUT2D eigenvalue weighted by atomic mass is 16.5. The molecule has 128 valence electrons. The molecule has 25 heavy (non-hydrogen) atoms. The molecule has 0 unspecified atom stereocenters. The molecule has 2 rings (SSSR count). The molecular weight excluding hydrogens is 318 g/mol. The molecule has 0 saturated heterocycles. The molecule has 0 aliphatic heterocycles. The quantitative estimate of drug-likeness (QED) is 0.798. The van der Waals surface area contributed by atoms with E-state index in [1.54, 1.807) is 48.5 Å². The van der Waals surface area contributed by atoms with Crippen molar-refractivity contribution in [2.45, 2.75) is 18.6 Å². The lowest BCUT2D eigenvalue weighted by atomic mass is 10.0. The van der Waals surface area contributed by atoms with Crippen molar-refractivity contribution in [3.63, 3.8) is 0 Å². The van der Waals surface area contributed by atoms with Gasteiger partial charge in [0, 0.05) is 13.5 Å². The van der Waals surface area contributed by atoms with Gasteiger partial charge in [-0.3, -0.25) is 9.59 Å². The standard InChI is InChI=1S/C19H19N3O3/c1-25-17(15-8-3-2-4-9-15)19(24)22-16(18(21)23)11-13-6-5-7-14(10-13)12-20/h2-10,16-17H,11H2,1H3,(H2,21,23)(H,22,24)/t16-,17+/m1/s1. The number of nitriles is 1. The fourth-order valence-electron chi connectivity index (χ4n) is 2.50. The van der Waals surface area contributed by atoms with Gasteiger partial charge >= 0.3 is 0 Å². The Bertz CT molecular complexity index is 784. The Kier molecular flexibility index (Phi) is 6.26. The fraction of sp³-hybridized carbons (Fsp3) is 0.211. The Balaban J connectivity index is 2.13. The number of nitrogens with zero attached hydrogens (tertiary/aromatic N) is 1. The third-order valence-electron chi connectivity index (χ3n) is 3.73. The minimum absolute atomic E-state index is 0.196. The lowest BCUT2D eigenvalue weighted by Gasteiger charge is -2.20. The predicted molar refractivity (Wildman–Crippen MR) is 92.2 cm³/mol. The van der Waals surface area contributed by atoms with E-state index >= 15 is 0 Å². The smallest absolute Gasteiger partial charge is 0.254 e. The van der Waals surface area contributed by atoms with Crippen molar-refractivity contribution in [3.8, 4) is 6.07 Å². The van der Waals surface area contributed by atoms with Crippen molar-refractivity contribution in [1.29, 1.82) is 5.26 Å². The lowest BCUT2D eigenvalue weighted by molar-refractivity contribution is -0.134. The second-order valence-electron chi connectivity index (χ2n) is 5.51.